The van der Waals surface area contributed by atoms with Gasteiger partial charge in [0.05, 0.1) is 12.3 Å². The molecule has 0 aromatic carbocycles. The molecule has 4 heteroatoms. The predicted octanol–water partition coefficient (Wildman–Crippen LogP) is 2.60. The van der Waals surface area contributed by atoms with Crippen LogP contribution < -0.4 is 5.32 Å². The maximum absolute atomic E-state index is 5.65. The third-order valence-corrected chi connectivity index (χ3v) is 3.92. The molecule has 0 amide bonds. The molecule has 1 saturated carbocycles. The average molecular weight is 265 g/mol. The molecule has 0 saturated heterocycles. The van der Waals surface area contributed by atoms with Crippen molar-refractivity contribution in [1.29, 1.82) is 0 Å². The fourth-order valence-corrected chi connectivity index (χ4v) is 2.63. The quantitative estimate of drug-likeness (QED) is 0.734. The van der Waals surface area contributed by atoms with Crippen LogP contribution >= 0.6 is 0 Å². The third-order valence-electron chi connectivity index (χ3n) is 3.92. The molecule has 1 N–H and O–H groups in total. The molecule has 2 rings (SSSR count). The predicted molar refractivity (Wildman–Crippen MR) is 77.3 cm³/mol. The van der Waals surface area contributed by atoms with E-state index in [-0.39, 0.29) is 0 Å². The second kappa shape index (κ2) is 6.53. The van der Waals surface area contributed by atoms with E-state index in [4.69, 9.17) is 4.74 Å². The first-order chi connectivity index (χ1) is 9.13. The van der Waals surface area contributed by atoms with Gasteiger partial charge >= 0.3 is 0 Å². The molecule has 1 heterocycles. The van der Waals surface area contributed by atoms with Gasteiger partial charge in [-0.2, -0.15) is 5.10 Å². The van der Waals surface area contributed by atoms with Crippen LogP contribution in [-0.4, -0.2) is 29.5 Å². The smallest absolute Gasteiger partial charge is 0.0644 e. The van der Waals surface area contributed by atoms with Crippen LogP contribution in [0.1, 0.15) is 49.7 Å². The number of ether oxygens (including phenoxy) is 1. The zero-order valence-electron chi connectivity index (χ0n) is 12.7. The minimum Gasteiger partial charge on any atom is -0.380 e. The normalized spacial score (nSPS) is 16.8. The lowest BCUT2D eigenvalue weighted by Crippen LogP contribution is -2.24. The van der Waals surface area contributed by atoms with Gasteiger partial charge in [-0.15, -0.1) is 0 Å². The molecule has 0 radical (unpaired) electrons. The van der Waals surface area contributed by atoms with E-state index in [2.05, 4.69) is 42.8 Å². The first kappa shape index (κ1) is 14.5. The summed E-state index contributed by atoms with van der Waals surface area (Å²) in [4.78, 5) is 0. The molecule has 1 unspecified atom stereocenters. The Morgan fingerprint density at radius 3 is 2.74 bits per heavy atom. The number of aromatic nitrogens is 2. The van der Waals surface area contributed by atoms with E-state index in [0.717, 1.165) is 37.9 Å². The lowest BCUT2D eigenvalue weighted by atomic mass is 10.1. The highest BCUT2D eigenvalue weighted by molar-refractivity contribution is 5.27. The van der Waals surface area contributed by atoms with E-state index in [1.807, 2.05) is 0 Å². The highest BCUT2D eigenvalue weighted by Crippen LogP contribution is 2.28. The standard InChI is InChI=1S/C15H27N3O/c1-5-18-13(4)15(12(3)17-18)11(2)16-8-9-19-10-14-6-7-14/h11,14,16H,5-10H2,1-4H3. The highest BCUT2D eigenvalue weighted by Gasteiger charge is 2.21. The summed E-state index contributed by atoms with van der Waals surface area (Å²) in [5.74, 6) is 0.852. The maximum atomic E-state index is 5.65. The molecule has 0 spiro atoms. The molecule has 1 aliphatic carbocycles. The van der Waals surface area contributed by atoms with Gasteiger partial charge in [0, 0.05) is 37.0 Å². The van der Waals surface area contributed by atoms with E-state index in [1.54, 1.807) is 0 Å². The van der Waals surface area contributed by atoms with Crippen LogP contribution in [0.15, 0.2) is 0 Å². The Balaban J connectivity index is 1.78. The molecule has 1 aromatic rings. The van der Waals surface area contributed by atoms with Gasteiger partial charge in [-0.1, -0.05) is 0 Å². The molecule has 108 valence electrons. The Morgan fingerprint density at radius 1 is 1.42 bits per heavy atom. The van der Waals surface area contributed by atoms with E-state index in [9.17, 15) is 0 Å². The maximum Gasteiger partial charge on any atom is 0.0644 e. The lowest BCUT2D eigenvalue weighted by molar-refractivity contribution is 0.124. The Bertz CT molecular complexity index is 410. The van der Waals surface area contributed by atoms with Gasteiger partial charge in [0.25, 0.3) is 0 Å². The Kier molecular flexibility index (Phi) is 4.99. The first-order valence-corrected chi connectivity index (χ1v) is 7.48. The van der Waals surface area contributed by atoms with Crippen LogP contribution in [0, 0.1) is 19.8 Å². The zero-order valence-corrected chi connectivity index (χ0v) is 12.7. The summed E-state index contributed by atoms with van der Waals surface area (Å²) in [5.41, 5.74) is 3.75. The van der Waals surface area contributed by atoms with Gasteiger partial charge < -0.3 is 10.1 Å². The van der Waals surface area contributed by atoms with Crippen molar-refractivity contribution in [3.63, 3.8) is 0 Å². The summed E-state index contributed by atoms with van der Waals surface area (Å²) in [6, 6.07) is 0.338. The Labute approximate surface area is 116 Å². The van der Waals surface area contributed by atoms with Crippen LogP contribution in [0.5, 0.6) is 0 Å². The second-order valence-electron chi connectivity index (χ2n) is 5.59. The molecule has 19 heavy (non-hydrogen) atoms. The first-order valence-electron chi connectivity index (χ1n) is 7.48. The molecule has 4 nitrogen and oxygen atoms in total. The molecule has 1 atom stereocenters. The Hall–Kier alpha value is -0.870. The minimum absolute atomic E-state index is 0.338. The average Bonchev–Trinajstić information content (AvgIpc) is 3.14. The lowest BCUT2D eigenvalue weighted by Gasteiger charge is -2.15. The SMILES string of the molecule is CCn1nc(C)c(C(C)NCCOCC2CC2)c1C. The van der Waals surface area contributed by atoms with Crippen molar-refractivity contribution in [3.05, 3.63) is 17.0 Å². The van der Waals surface area contributed by atoms with Crippen molar-refractivity contribution in [1.82, 2.24) is 15.1 Å². The summed E-state index contributed by atoms with van der Waals surface area (Å²) in [6.07, 6.45) is 2.72. The van der Waals surface area contributed by atoms with Gasteiger partial charge in [-0.3, -0.25) is 4.68 Å². The second-order valence-corrected chi connectivity index (χ2v) is 5.59. The fraction of sp³-hybridized carbons (Fsp3) is 0.800. The summed E-state index contributed by atoms with van der Waals surface area (Å²) in [6.45, 7) is 12.2. The molecular weight excluding hydrogens is 238 g/mol. The number of hydrogen-bond acceptors (Lipinski definition) is 3. The van der Waals surface area contributed by atoms with Crippen molar-refractivity contribution in [2.24, 2.45) is 5.92 Å². The van der Waals surface area contributed by atoms with E-state index in [0.29, 0.717) is 6.04 Å². The van der Waals surface area contributed by atoms with Gasteiger partial charge in [0.2, 0.25) is 0 Å². The number of nitrogens with one attached hydrogen (secondary N) is 1. The number of nitrogens with zero attached hydrogens (tertiary/aromatic N) is 2. The van der Waals surface area contributed by atoms with Gasteiger partial charge in [-0.25, -0.2) is 0 Å². The topological polar surface area (TPSA) is 39.1 Å². The van der Waals surface area contributed by atoms with Crippen molar-refractivity contribution in [2.45, 2.75) is 53.1 Å². The molecule has 0 bridgehead atoms. The summed E-state index contributed by atoms with van der Waals surface area (Å²) in [5, 5.41) is 8.10. The van der Waals surface area contributed by atoms with Crippen LogP contribution in [0.2, 0.25) is 0 Å². The molecule has 1 fully saturated rings. The zero-order chi connectivity index (χ0) is 13.8. The summed E-state index contributed by atoms with van der Waals surface area (Å²) < 4.78 is 7.72. The monoisotopic (exact) mass is 265 g/mol. The van der Waals surface area contributed by atoms with Crippen molar-refractivity contribution in [3.8, 4) is 0 Å². The van der Waals surface area contributed by atoms with Crippen LogP contribution in [-0.2, 0) is 11.3 Å². The molecule has 1 aliphatic rings. The summed E-state index contributed by atoms with van der Waals surface area (Å²) in [7, 11) is 0. The van der Waals surface area contributed by atoms with Gasteiger partial charge in [0.15, 0.2) is 0 Å². The molecular formula is C15H27N3O. The van der Waals surface area contributed by atoms with Crippen molar-refractivity contribution in [2.75, 3.05) is 19.8 Å². The van der Waals surface area contributed by atoms with Crippen LogP contribution in [0.3, 0.4) is 0 Å². The van der Waals surface area contributed by atoms with Gasteiger partial charge in [0.1, 0.15) is 0 Å². The van der Waals surface area contributed by atoms with Crippen molar-refractivity contribution >= 4 is 0 Å². The molecule has 0 aliphatic heterocycles. The number of aryl methyl sites for hydroxylation is 2. The van der Waals surface area contributed by atoms with Crippen molar-refractivity contribution < 1.29 is 4.74 Å². The van der Waals surface area contributed by atoms with E-state index in [1.165, 1.54) is 24.1 Å². The van der Waals surface area contributed by atoms with E-state index >= 15 is 0 Å². The number of rotatable bonds is 8. The number of hydrogen-bond donors (Lipinski definition) is 1. The largest absolute Gasteiger partial charge is 0.380 e. The van der Waals surface area contributed by atoms with Crippen LogP contribution in [0.25, 0.3) is 0 Å². The highest BCUT2D eigenvalue weighted by atomic mass is 16.5. The Morgan fingerprint density at radius 2 is 2.16 bits per heavy atom. The van der Waals surface area contributed by atoms with Gasteiger partial charge in [-0.05, 0) is 46.5 Å². The van der Waals surface area contributed by atoms with Crippen LogP contribution in [0.4, 0.5) is 0 Å². The summed E-state index contributed by atoms with van der Waals surface area (Å²) >= 11 is 0. The third kappa shape index (κ3) is 3.80. The fourth-order valence-electron chi connectivity index (χ4n) is 2.63. The minimum atomic E-state index is 0.338. The van der Waals surface area contributed by atoms with E-state index < -0.39 is 0 Å². The molecule has 1 aromatic heterocycles.